The first kappa shape index (κ1) is 25.0. The van der Waals surface area contributed by atoms with E-state index in [0.29, 0.717) is 6.54 Å². The average molecular weight is 459 g/mol. The van der Waals surface area contributed by atoms with Gasteiger partial charge in [0.05, 0.1) is 7.11 Å². The van der Waals surface area contributed by atoms with Crippen molar-refractivity contribution in [3.8, 4) is 5.75 Å². The summed E-state index contributed by atoms with van der Waals surface area (Å²) in [7, 11) is 1.62. The Kier molecular flexibility index (Phi) is 8.86. The Labute approximate surface area is 202 Å². The van der Waals surface area contributed by atoms with Gasteiger partial charge >= 0.3 is 0 Å². The summed E-state index contributed by atoms with van der Waals surface area (Å²) >= 11 is 0. The lowest BCUT2D eigenvalue weighted by atomic mass is 9.88. The molecule has 0 aromatic heterocycles. The summed E-state index contributed by atoms with van der Waals surface area (Å²) in [6.07, 6.45) is 0.261. The Morgan fingerprint density at radius 3 is 1.97 bits per heavy atom. The number of nitrogens with zero attached hydrogens (tertiary/aromatic N) is 1. The standard InChI is InChI=1S/C29H34N2O3/c1-21(2)30-29(33)22(3)31(20-23-12-11-17-26(18-23)34-4)28(32)19-27(24-13-7-5-8-14-24)25-15-9-6-10-16-25/h5-18,21-22,27H,19-20H2,1-4H3,(H,30,33)/t22-/m0/s1. The van der Waals surface area contributed by atoms with Gasteiger partial charge in [-0.1, -0.05) is 72.8 Å². The number of benzene rings is 3. The lowest BCUT2D eigenvalue weighted by Crippen LogP contribution is -2.49. The summed E-state index contributed by atoms with van der Waals surface area (Å²) in [4.78, 5) is 28.4. The van der Waals surface area contributed by atoms with Crippen LogP contribution in [0.1, 0.15) is 49.8 Å². The van der Waals surface area contributed by atoms with Crippen LogP contribution in [0.25, 0.3) is 0 Å². The van der Waals surface area contributed by atoms with Crippen LogP contribution in [0.4, 0.5) is 0 Å². The first-order valence-corrected chi connectivity index (χ1v) is 11.7. The molecule has 3 aromatic rings. The summed E-state index contributed by atoms with van der Waals surface area (Å²) in [5.74, 6) is 0.368. The van der Waals surface area contributed by atoms with Gasteiger partial charge in [-0.2, -0.15) is 0 Å². The van der Waals surface area contributed by atoms with E-state index in [4.69, 9.17) is 4.74 Å². The van der Waals surface area contributed by atoms with Gasteiger partial charge in [-0.25, -0.2) is 0 Å². The Bertz CT molecular complexity index is 1030. The Balaban J connectivity index is 1.92. The number of hydrogen-bond acceptors (Lipinski definition) is 3. The van der Waals surface area contributed by atoms with Gasteiger partial charge in [0.1, 0.15) is 11.8 Å². The van der Waals surface area contributed by atoms with Crippen molar-refractivity contribution in [1.82, 2.24) is 10.2 Å². The number of nitrogens with one attached hydrogen (secondary N) is 1. The normalized spacial score (nSPS) is 11.8. The van der Waals surface area contributed by atoms with Crippen LogP contribution >= 0.6 is 0 Å². The topological polar surface area (TPSA) is 58.6 Å². The fourth-order valence-corrected chi connectivity index (χ4v) is 4.05. The Morgan fingerprint density at radius 2 is 1.44 bits per heavy atom. The maximum Gasteiger partial charge on any atom is 0.242 e. The van der Waals surface area contributed by atoms with Crippen molar-refractivity contribution in [1.29, 1.82) is 0 Å². The number of amides is 2. The van der Waals surface area contributed by atoms with Crippen LogP contribution in [0, 0.1) is 0 Å². The van der Waals surface area contributed by atoms with Gasteiger partial charge in [0, 0.05) is 24.9 Å². The summed E-state index contributed by atoms with van der Waals surface area (Å²) in [5.41, 5.74) is 3.05. The molecule has 3 aromatic carbocycles. The second-order valence-corrected chi connectivity index (χ2v) is 8.79. The van der Waals surface area contributed by atoms with Crippen LogP contribution < -0.4 is 10.1 Å². The predicted molar refractivity (Wildman–Crippen MR) is 136 cm³/mol. The maximum atomic E-state index is 13.8. The van der Waals surface area contributed by atoms with E-state index in [2.05, 4.69) is 5.32 Å². The van der Waals surface area contributed by atoms with Crippen molar-refractivity contribution in [2.24, 2.45) is 0 Å². The van der Waals surface area contributed by atoms with Gasteiger partial charge in [-0.3, -0.25) is 9.59 Å². The zero-order valence-electron chi connectivity index (χ0n) is 20.4. The van der Waals surface area contributed by atoms with Crippen molar-refractivity contribution >= 4 is 11.8 Å². The third-order valence-corrected chi connectivity index (χ3v) is 5.87. The number of ether oxygens (including phenoxy) is 1. The predicted octanol–water partition coefficient (Wildman–Crippen LogP) is 5.16. The van der Waals surface area contributed by atoms with Crippen LogP contribution in [0.3, 0.4) is 0 Å². The van der Waals surface area contributed by atoms with E-state index in [0.717, 1.165) is 22.4 Å². The van der Waals surface area contributed by atoms with Crippen LogP contribution in [0.2, 0.25) is 0 Å². The van der Waals surface area contributed by atoms with E-state index < -0.39 is 6.04 Å². The summed E-state index contributed by atoms with van der Waals surface area (Å²) < 4.78 is 5.35. The van der Waals surface area contributed by atoms with E-state index in [-0.39, 0.29) is 30.2 Å². The highest BCUT2D eigenvalue weighted by atomic mass is 16.5. The lowest BCUT2D eigenvalue weighted by molar-refractivity contribution is -0.141. The second-order valence-electron chi connectivity index (χ2n) is 8.79. The van der Waals surface area contributed by atoms with E-state index in [1.54, 1.807) is 18.9 Å². The molecule has 5 nitrogen and oxygen atoms in total. The van der Waals surface area contributed by atoms with Gasteiger partial charge in [-0.15, -0.1) is 0 Å². The zero-order chi connectivity index (χ0) is 24.5. The molecular formula is C29H34N2O3. The molecule has 0 bridgehead atoms. The molecule has 34 heavy (non-hydrogen) atoms. The van der Waals surface area contributed by atoms with Crippen molar-refractivity contribution in [3.05, 3.63) is 102 Å². The minimum absolute atomic E-state index is 0.00916. The molecule has 5 heteroatoms. The van der Waals surface area contributed by atoms with Crippen molar-refractivity contribution in [3.63, 3.8) is 0 Å². The van der Waals surface area contributed by atoms with E-state index in [1.807, 2.05) is 98.8 Å². The molecular weight excluding hydrogens is 424 g/mol. The number of methoxy groups -OCH3 is 1. The highest BCUT2D eigenvalue weighted by Gasteiger charge is 2.29. The Morgan fingerprint density at radius 1 is 0.853 bits per heavy atom. The molecule has 0 unspecified atom stereocenters. The molecule has 0 radical (unpaired) electrons. The molecule has 0 saturated carbocycles. The molecule has 0 heterocycles. The first-order chi connectivity index (χ1) is 16.4. The number of carbonyl (C=O) groups is 2. The highest BCUT2D eigenvalue weighted by Crippen LogP contribution is 2.29. The van der Waals surface area contributed by atoms with Crippen molar-refractivity contribution < 1.29 is 14.3 Å². The van der Waals surface area contributed by atoms with Crippen LogP contribution in [0.15, 0.2) is 84.9 Å². The minimum Gasteiger partial charge on any atom is -0.497 e. The minimum atomic E-state index is -0.617. The lowest BCUT2D eigenvalue weighted by Gasteiger charge is -2.31. The zero-order valence-corrected chi connectivity index (χ0v) is 20.4. The smallest absolute Gasteiger partial charge is 0.242 e. The largest absolute Gasteiger partial charge is 0.497 e. The fraction of sp³-hybridized carbons (Fsp3) is 0.310. The summed E-state index contributed by atoms with van der Waals surface area (Å²) in [6, 6.07) is 27.1. The molecule has 0 aliphatic heterocycles. The highest BCUT2D eigenvalue weighted by molar-refractivity contribution is 5.88. The molecule has 1 N–H and O–H groups in total. The monoisotopic (exact) mass is 458 g/mol. The molecule has 0 fully saturated rings. The van der Waals surface area contributed by atoms with Gasteiger partial charge < -0.3 is 15.0 Å². The van der Waals surface area contributed by atoms with Crippen LogP contribution in [-0.2, 0) is 16.1 Å². The van der Waals surface area contributed by atoms with Crippen molar-refractivity contribution in [2.75, 3.05) is 7.11 Å². The van der Waals surface area contributed by atoms with E-state index in [9.17, 15) is 9.59 Å². The molecule has 0 saturated heterocycles. The van der Waals surface area contributed by atoms with Gasteiger partial charge in [0.15, 0.2) is 0 Å². The SMILES string of the molecule is COc1cccc(CN(C(=O)CC(c2ccccc2)c2ccccc2)[C@@H](C)C(=O)NC(C)C)c1. The fourth-order valence-electron chi connectivity index (χ4n) is 4.05. The molecule has 0 spiro atoms. The van der Waals surface area contributed by atoms with Crippen LogP contribution in [-0.4, -0.2) is 35.9 Å². The summed E-state index contributed by atoms with van der Waals surface area (Å²) in [5, 5.41) is 2.95. The van der Waals surface area contributed by atoms with Gasteiger partial charge in [0.25, 0.3) is 0 Å². The third-order valence-electron chi connectivity index (χ3n) is 5.87. The molecule has 3 rings (SSSR count). The van der Waals surface area contributed by atoms with E-state index >= 15 is 0 Å². The molecule has 0 aliphatic carbocycles. The van der Waals surface area contributed by atoms with Gasteiger partial charge in [0.2, 0.25) is 11.8 Å². The van der Waals surface area contributed by atoms with Gasteiger partial charge in [-0.05, 0) is 49.6 Å². The molecule has 1 atom stereocenters. The second kappa shape index (κ2) is 12.0. The first-order valence-electron chi connectivity index (χ1n) is 11.7. The summed E-state index contributed by atoms with van der Waals surface area (Å²) in [6.45, 7) is 5.94. The quantitative estimate of drug-likeness (QED) is 0.457. The number of rotatable bonds is 10. The number of carbonyl (C=O) groups excluding carboxylic acids is 2. The molecule has 0 aliphatic rings. The van der Waals surface area contributed by atoms with Crippen LogP contribution in [0.5, 0.6) is 5.75 Å². The van der Waals surface area contributed by atoms with E-state index in [1.165, 1.54) is 0 Å². The molecule has 178 valence electrons. The molecule has 2 amide bonds. The Hall–Kier alpha value is -3.60. The maximum absolute atomic E-state index is 13.8. The number of hydrogen-bond donors (Lipinski definition) is 1. The average Bonchev–Trinajstić information content (AvgIpc) is 2.86. The third kappa shape index (κ3) is 6.70. The van der Waals surface area contributed by atoms with Crippen molar-refractivity contribution in [2.45, 2.75) is 51.7 Å².